The lowest BCUT2D eigenvalue weighted by Gasteiger charge is -2.36. The molecular weight excluding hydrogens is 376 g/mol. The fourth-order valence-electron chi connectivity index (χ4n) is 5.03. The van der Waals surface area contributed by atoms with Gasteiger partial charge in [-0.2, -0.15) is 0 Å². The maximum absolute atomic E-state index is 12.8. The fraction of sp³-hybridized carbons (Fsp3) is 0.619. The van der Waals surface area contributed by atoms with E-state index < -0.39 is 15.4 Å². The normalized spacial score (nSPS) is 28.4. The standard InChI is InChI=1S/C21H28N2O4S/c1-20(2)15-9-10-21(20,18(24)12-15)13-28(26,27)23-17-5-3-14(4-6-17)11-19(25)22-16-7-8-16/h3-6,15-16,23H,7-13H2,1-2H3,(H,22,25). The Morgan fingerprint density at radius 2 is 1.82 bits per heavy atom. The first-order chi connectivity index (χ1) is 13.1. The molecule has 2 bridgehead atoms. The highest BCUT2D eigenvalue weighted by Gasteiger charge is 2.65. The minimum Gasteiger partial charge on any atom is -0.353 e. The third kappa shape index (κ3) is 3.45. The lowest BCUT2D eigenvalue weighted by Crippen LogP contribution is -2.43. The summed E-state index contributed by atoms with van der Waals surface area (Å²) in [6, 6.07) is 7.20. The Balaban J connectivity index is 1.42. The van der Waals surface area contributed by atoms with Gasteiger partial charge < -0.3 is 5.32 Å². The number of amides is 1. The quantitative estimate of drug-likeness (QED) is 0.731. The van der Waals surface area contributed by atoms with Crippen LogP contribution in [0.2, 0.25) is 0 Å². The van der Waals surface area contributed by atoms with Crippen molar-refractivity contribution in [1.82, 2.24) is 5.32 Å². The van der Waals surface area contributed by atoms with Crippen LogP contribution in [-0.4, -0.2) is 31.9 Å². The van der Waals surface area contributed by atoms with Crippen molar-refractivity contribution < 1.29 is 18.0 Å². The van der Waals surface area contributed by atoms with Gasteiger partial charge in [-0.15, -0.1) is 0 Å². The van der Waals surface area contributed by atoms with Crippen LogP contribution in [-0.2, 0) is 26.0 Å². The van der Waals surface area contributed by atoms with Gasteiger partial charge in [-0.3, -0.25) is 14.3 Å². The Morgan fingerprint density at radius 3 is 2.36 bits per heavy atom. The van der Waals surface area contributed by atoms with Crippen LogP contribution in [0.25, 0.3) is 0 Å². The molecule has 1 amide bonds. The number of carbonyl (C=O) groups excluding carboxylic acids is 2. The second-order valence-electron chi connectivity index (χ2n) is 9.24. The first-order valence-electron chi connectivity index (χ1n) is 10.0. The minimum absolute atomic E-state index is 0.00676. The highest BCUT2D eigenvalue weighted by atomic mass is 32.2. The van der Waals surface area contributed by atoms with Crippen LogP contribution >= 0.6 is 0 Å². The minimum atomic E-state index is -3.66. The summed E-state index contributed by atoms with van der Waals surface area (Å²) in [6.45, 7) is 4.07. The van der Waals surface area contributed by atoms with Gasteiger partial charge in [0.1, 0.15) is 5.78 Å². The number of sulfonamides is 1. The Hall–Kier alpha value is -1.89. The first kappa shape index (κ1) is 19.4. The molecule has 3 aliphatic carbocycles. The Kier molecular flexibility index (Phi) is 4.56. The number of benzene rings is 1. The van der Waals surface area contributed by atoms with Gasteiger partial charge in [0.05, 0.1) is 17.6 Å². The maximum Gasteiger partial charge on any atom is 0.233 e. The van der Waals surface area contributed by atoms with Crippen LogP contribution in [0.15, 0.2) is 24.3 Å². The Morgan fingerprint density at radius 1 is 1.14 bits per heavy atom. The highest BCUT2D eigenvalue weighted by molar-refractivity contribution is 7.92. The summed E-state index contributed by atoms with van der Waals surface area (Å²) >= 11 is 0. The Labute approximate surface area is 166 Å². The molecule has 0 radical (unpaired) electrons. The van der Waals surface area contributed by atoms with E-state index in [4.69, 9.17) is 0 Å². The number of anilines is 1. The third-order valence-corrected chi connectivity index (χ3v) is 8.53. The molecule has 0 aromatic heterocycles. The van der Waals surface area contributed by atoms with Crippen molar-refractivity contribution >= 4 is 27.4 Å². The zero-order valence-corrected chi connectivity index (χ0v) is 17.3. The number of hydrogen-bond donors (Lipinski definition) is 2. The molecule has 3 saturated carbocycles. The zero-order chi connectivity index (χ0) is 20.2. The smallest absolute Gasteiger partial charge is 0.233 e. The summed E-state index contributed by atoms with van der Waals surface area (Å²) in [5.74, 6) is 0.216. The van der Waals surface area contributed by atoms with Gasteiger partial charge in [0.25, 0.3) is 0 Å². The molecule has 3 aliphatic rings. The number of nitrogens with one attached hydrogen (secondary N) is 2. The van der Waals surface area contributed by atoms with Gasteiger partial charge in [-0.05, 0) is 54.7 Å². The van der Waals surface area contributed by atoms with Crippen molar-refractivity contribution in [3.05, 3.63) is 29.8 Å². The second kappa shape index (κ2) is 6.58. The van der Waals surface area contributed by atoms with Crippen molar-refractivity contribution in [3.63, 3.8) is 0 Å². The molecule has 1 aromatic carbocycles. The summed E-state index contributed by atoms with van der Waals surface area (Å²) in [5, 5.41) is 2.94. The molecular formula is C21H28N2O4S. The SMILES string of the molecule is CC1(C)C2CCC1(CS(=O)(=O)Nc1ccc(CC(=O)NC3CC3)cc1)C(=O)C2. The van der Waals surface area contributed by atoms with Crippen LogP contribution in [0.5, 0.6) is 0 Å². The fourth-order valence-corrected chi connectivity index (χ4v) is 6.92. The predicted octanol–water partition coefficient (Wildman–Crippen LogP) is 2.64. The molecule has 1 aromatic rings. The van der Waals surface area contributed by atoms with E-state index in [1.54, 1.807) is 24.3 Å². The topological polar surface area (TPSA) is 92.3 Å². The molecule has 6 nitrogen and oxygen atoms in total. The Bertz CT molecular complexity index is 903. The molecule has 2 unspecified atom stereocenters. The zero-order valence-electron chi connectivity index (χ0n) is 16.5. The van der Waals surface area contributed by atoms with Crippen LogP contribution < -0.4 is 10.0 Å². The van der Waals surface area contributed by atoms with E-state index in [0.29, 0.717) is 24.6 Å². The van der Waals surface area contributed by atoms with E-state index in [0.717, 1.165) is 24.8 Å². The van der Waals surface area contributed by atoms with Gasteiger partial charge in [0.15, 0.2) is 0 Å². The lowest BCUT2D eigenvalue weighted by molar-refractivity contribution is -0.128. The maximum atomic E-state index is 12.8. The predicted molar refractivity (Wildman–Crippen MR) is 107 cm³/mol. The molecule has 2 atom stereocenters. The van der Waals surface area contributed by atoms with Crippen molar-refractivity contribution in [1.29, 1.82) is 0 Å². The van der Waals surface area contributed by atoms with E-state index in [9.17, 15) is 18.0 Å². The summed E-state index contributed by atoms with van der Waals surface area (Å²) in [5.41, 5.74) is 0.244. The number of Topliss-reactive ketones (excluding diaryl/α,β-unsaturated/α-hetero) is 1. The van der Waals surface area contributed by atoms with Crippen molar-refractivity contribution in [3.8, 4) is 0 Å². The molecule has 152 valence electrons. The van der Waals surface area contributed by atoms with Gasteiger partial charge in [-0.1, -0.05) is 26.0 Å². The molecule has 28 heavy (non-hydrogen) atoms. The van der Waals surface area contributed by atoms with E-state index in [1.807, 2.05) is 13.8 Å². The van der Waals surface area contributed by atoms with Gasteiger partial charge in [0, 0.05) is 18.2 Å². The summed E-state index contributed by atoms with van der Waals surface area (Å²) < 4.78 is 28.3. The van der Waals surface area contributed by atoms with Gasteiger partial charge in [0.2, 0.25) is 15.9 Å². The van der Waals surface area contributed by atoms with E-state index >= 15 is 0 Å². The molecule has 0 spiro atoms. The van der Waals surface area contributed by atoms with Crippen LogP contribution in [0, 0.1) is 16.7 Å². The first-order valence-corrected chi connectivity index (χ1v) is 11.7. The summed E-state index contributed by atoms with van der Waals surface area (Å²) in [4.78, 5) is 24.5. The van der Waals surface area contributed by atoms with E-state index in [-0.39, 0.29) is 35.2 Å². The molecule has 0 aliphatic heterocycles. The van der Waals surface area contributed by atoms with Crippen molar-refractivity contribution in [2.75, 3.05) is 10.5 Å². The number of carbonyl (C=O) groups is 2. The number of fused-ring (bicyclic) bond motifs is 2. The van der Waals surface area contributed by atoms with Crippen LogP contribution in [0.1, 0.15) is 51.5 Å². The number of rotatable bonds is 7. The molecule has 0 saturated heterocycles. The molecule has 3 fully saturated rings. The molecule has 2 N–H and O–H groups in total. The molecule has 7 heteroatoms. The highest BCUT2D eigenvalue weighted by Crippen LogP contribution is 2.64. The van der Waals surface area contributed by atoms with Crippen LogP contribution in [0.4, 0.5) is 5.69 Å². The number of ketones is 1. The lowest BCUT2D eigenvalue weighted by atomic mass is 9.70. The average Bonchev–Trinajstić information content (AvgIpc) is 3.34. The molecule has 4 rings (SSSR count). The van der Waals surface area contributed by atoms with Gasteiger partial charge >= 0.3 is 0 Å². The van der Waals surface area contributed by atoms with Crippen molar-refractivity contribution in [2.24, 2.45) is 16.7 Å². The monoisotopic (exact) mass is 404 g/mol. The van der Waals surface area contributed by atoms with Crippen LogP contribution in [0.3, 0.4) is 0 Å². The molecule has 0 heterocycles. The largest absolute Gasteiger partial charge is 0.353 e. The van der Waals surface area contributed by atoms with E-state index in [2.05, 4.69) is 10.0 Å². The van der Waals surface area contributed by atoms with Crippen molar-refractivity contribution in [2.45, 2.75) is 58.4 Å². The average molecular weight is 405 g/mol. The third-order valence-electron chi connectivity index (χ3n) is 7.11. The van der Waals surface area contributed by atoms with E-state index in [1.165, 1.54) is 0 Å². The summed E-state index contributed by atoms with van der Waals surface area (Å²) in [6.07, 6.45) is 4.46. The van der Waals surface area contributed by atoms with Gasteiger partial charge in [-0.25, -0.2) is 8.42 Å². The summed E-state index contributed by atoms with van der Waals surface area (Å²) in [7, 11) is -3.66. The number of hydrogen-bond acceptors (Lipinski definition) is 4. The second-order valence-corrected chi connectivity index (χ2v) is 11.0.